The molecule has 4 N–H and O–H groups in total. The summed E-state index contributed by atoms with van der Waals surface area (Å²) in [6.07, 6.45) is 0. The molecule has 3 rings (SSSR count). The second kappa shape index (κ2) is 8.11. The largest absolute Gasteiger partial charge is 0.493 e. The van der Waals surface area contributed by atoms with Crippen molar-refractivity contribution in [1.82, 2.24) is 5.43 Å². The summed E-state index contributed by atoms with van der Waals surface area (Å²) in [5, 5.41) is 6.14. The number of benzene rings is 2. The number of ether oxygens (including phenoxy) is 2. The van der Waals surface area contributed by atoms with Crippen molar-refractivity contribution in [2.24, 2.45) is 5.10 Å². The van der Waals surface area contributed by atoms with Crippen LogP contribution in [0.2, 0.25) is 0 Å². The predicted molar refractivity (Wildman–Crippen MR) is 99.7 cm³/mol. The second-order valence-electron chi connectivity index (χ2n) is 5.30. The third-order valence-electron chi connectivity index (χ3n) is 3.74. The zero-order chi connectivity index (χ0) is 18.7. The van der Waals surface area contributed by atoms with Crippen molar-refractivity contribution in [3.63, 3.8) is 0 Å². The van der Waals surface area contributed by atoms with Crippen LogP contribution in [0.5, 0.6) is 11.5 Å². The van der Waals surface area contributed by atoms with E-state index in [4.69, 9.17) is 9.47 Å². The summed E-state index contributed by atoms with van der Waals surface area (Å²) >= 11 is 0. The number of nitrogens with one attached hydrogen (secondary N) is 2. The van der Waals surface area contributed by atoms with Crippen LogP contribution in [0.4, 0.5) is 10.5 Å². The first kappa shape index (κ1) is 19.6. The number of carbonyl (C=O) groups excluding carboxylic acids is 1. The zero-order valence-electron chi connectivity index (χ0n) is 14.5. The SMILES string of the molecule is COc1cc2c(=O)c(=NNC(=O)Nc3ccccc3)c(=O)c2cc1OC.O. The highest BCUT2D eigenvalue weighted by Gasteiger charge is 2.16. The monoisotopic (exact) mass is 371 g/mol. The molecule has 0 aromatic heterocycles. The summed E-state index contributed by atoms with van der Waals surface area (Å²) in [5.74, 6) is 0.645. The van der Waals surface area contributed by atoms with Gasteiger partial charge in [-0.3, -0.25) is 9.59 Å². The summed E-state index contributed by atoms with van der Waals surface area (Å²) in [7, 11) is 2.85. The smallest absolute Gasteiger partial charge is 0.339 e. The first-order valence-electron chi connectivity index (χ1n) is 7.60. The number of para-hydroxylation sites is 1. The molecule has 0 aliphatic carbocycles. The number of hydrogen-bond acceptors (Lipinski definition) is 6. The number of urea groups is 1. The molecule has 0 atom stereocenters. The Kier molecular flexibility index (Phi) is 5.89. The van der Waals surface area contributed by atoms with Crippen molar-refractivity contribution < 1.29 is 19.7 Å². The molecule has 0 saturated heterocycles. The molecule has 0 aliphatic rings. The summed E-state index contributed by atoms with van der Waals surface area (Å²) in [5.41, 5.74) is 1.52. The van der Waals surface area contributed by atoms with Gasteiger partial charge in [-0.15, -0.1) is 0 Å². The third kappa shape index (κ3) is 3.77. The van der Waals surface area contributed by atoms with Crippen LogP contribution in [0.15, 0.2) is 57.2 Å². The lowest BCUT2D eigenvalue weighted by atomic mass is 10.2. The van der Waals surface area contributed by atoms with E-state index >= 15 is 0 Å². The van der Waals surface area contributed by atoms with Gasteiger partial charge in [0.25, 0.3) is 0 Å². The number of anilines is 1. The minimum Gasteiger partial charge on any atom is -0.493 e. The van der Waals surface area contributed by atoms with E-state index < -0.39 is 16.9 Å². The molecule has 2 amide bonds. The van der Waals surface area contributed by atoms with E-state index in [1.165, 1.54) is 26.4 Å². The minimum absolute atomic E-state index is 0. The Morgan fingerprint density at radius 1 is 0.926 bits per heavy atom. The maximum Gasteiger partial charge on any atom is 0.339 e. The van der Waals surface area contributed by atoms with Gasteiger partial charge in [0.1, 0.15) is 0 Å². The van der Waals surface area contributed by atoms with Crippen LogP contribution in [0.1, 0.15) is 0 Å². The first-order chi connectivity index (χ1) is 12.5. The van der Waals surface area contributed by atoms with E-state index in [-0.39, 0.29) is 21.6 Å². The molecule has 0 aliphatic heterocycles. The topological polar surface area (TPSA) is 138 Å². The normalized spacial score (nSPS) is 10.0. The number of rotatable bonds is 4. The molecular weight excluding hydrogens is 354 g/mol. The van der Waals surface area contributed by atoms with Crippen LogP contribution in [0.25, 0.3) is 10.8 Å². The number of fused-ring (bicyclic) bond motifs is 1. The van der Waals surface area contributed by atoms with Gasteiger partial charge in [-0.2, -0.15) is 5.10 Å². The van der Waals surface area contributed by atoms with Crippen molar-refractivity contribution in [3.8, 4) is 11.5 Å². The highest BCUT2D eigenvalue weighted by atomic mass is 16.5. The van der Waals surface area contributed by atoms with Crippen LogP contribution in [0.3, 0.4) is 0 Å². The summed E-state index contributed by atoms with van der Waals surface area (Å²) in [6, 6.07) is 10.8. The van der Waals surface area contributed by atoms with Gasteiger partial charge in [0.2, 0.25) is 10.9 Å². The van der Waals surface area contributed by atoms with Crippen LogP contribution < -0.4 is 36.4 Å². The molecule has 3 aromatic rings. The molecule has 0 heterocycles. The van der Waals surface area contributed by atoms with Crippen LogP contribution in [0, 0.1) is 0 Å². The fourth-order valence-electron chi connectivity index (χ4n) is 2.50. The lowest BCUT2D eigenvalue weighted by Crippen LogP contribution is -2.36. The Hall–Kier alpha value is -3.72. The Balaban J connectivity index is 0.00000261. The number of hydrogen-bond donors (Lipinski definition) is 2. The Morgan fingerprint density at radius 3 is 1.93 bits per heavy atom. The number of carbonyl (C=O) groups is 1. The van der Waals surface area contributed by atoms with Crippen LogP contribution in [-0.2, 0) is 0 Å². The van der Waals surface area contributed by atoms with Gasteiger partial charge in [0.15, 0.2) is 16.9 Å². The number of methoxy groups -OCH3 is 2. The Labute approximate surface area is 152 Å². The molecule has 140 valence electrons. The van der Waals surface area contributed by atoms with E-state index in [1.54, 1.807) is 30.3 Å². The molecule has 3 aromatic carbocycles. The fourth-order valence-corrected chi connectivity index (χ4v) is 2.50. The average Bonchev–Trinajstić information content (AvgIpc) is 2.89. The molecule has 0 unspecified atom stereocenters. The number of amides is 2. The highest BCUT2D eigenvalue weighted by molar-refractivity contribution is 5.89. The van der Waals surface area contributed by atoms with Gasteiger partial charge in [-0.1, -0.05) is 18.2 Å². The molecule has 0 bridgehead atoms. The molecule has 0 radical (unpaired) electrons. The zero-order valence-corrected chi connectivity index (χ0v) is 14.5. The Morgan fingerprint density at radius 2 is 1.44 bits per heavy atom. The van der Waals surface area contributed by atoms with Gasteiger partial charge in [-0.05, 0) is 24.3 Å². The predicted octanol–water partition coefficient (Wildman–Crippen LogP) is 0.266. The van der Waals surface area contributed by atoms with Crippen LogP contribution in [-0.4, -0.2) is 25.7 Å². The van der Waals surface area contributed by atoms with Gasteiger partial charge in [0, 0.05) is 16.5 Å². The summed E-state index contributed by atoms with van der Waals surface area (Å²) in [6.45, 7) is 0. The lowest BCUT2D eigenvalue weighted by Gasteiger charge is -2.06. The van der Waals surface area contributed by atoms with E-state index in [0.29, 0.717) is 17.2 Å². The third-order valence-corrected chi connectivity index (χ3v) is 3.74. The molecule has 9 heteroatoms. The highest BCUT2D eigenvalue weighted by Crippen LogP contribution is 2.29. The maximum absolute atomic E-state index is 12.4. The van der Waals surface area contributed by atoms with E-state index in [1.807, 2.05) is 0 Å². The van der Waals surface area contributed by atoms with E-state index in [9.17, 15) is 14.4 Å². The first-order valence-corrected chi connectivity index (χ1v) is 7.60. The number of nitrogens with zero attached hydrogens (tertiary/aromatic N) is 1. The summed E-state index contributed by atoms with van der Waals surface area (Å²) in [4.78, 5) is 36.7. The van der Waals surface area contributed by atoms with Crippen molar-refractivity contribution >= 4 is 22.5 Å². The maximum atomic E-state index is 12.4. The van der Waals surface area contributed by atoms with Crippen molar-refractivity contribution in [3.05, 3.63) is 68.3 Å². The fraction of sp³-hybridized carbons (Fsp3) is 0.111. The minimum atomic E-state index is -0.671. The van der Waals surface area contributed by atoms with Crippen molar-refractivity contribution in [2.45, 2.75) is 0 Å². The standard InChI is InChI=1S/C18H15N3O5.H2O/c1-25-13-8-11-12(9-14(13)26-2)17(23)15(16(11)22)20-21-18(24)19-10-6-4-3-5-7-10;/h3-9H,1-2H3,(H2,19,21,24);1H2. The lowest BCUT2D eigenvalue weighted by molar-refractivity contribution is 0.252. The van der Waals surface area contributed by atoms with Gasteiger partial charge >= 0.3 is 6.03 Å². The summed E-state index contributed by atoms with van der Waals surface area (Å²) < 4.78 is 10.3. The molecule has 0 spiro atoms. The Bertz CT molecular complexity index is 1060. The molecule has 9 nitrogen and oxygen atoms in total. The average molecular weight is 371 g/mol. The quantitative estimate of drug-likeness (QED) is 0.634. The second-order valence-corrected chi connectivity index (χ2v) is 5.30. The van der Waals surface area contributed by atoms with Crippen LogP contribution >= 0.6 is 0 Å². The van der Waals surface area contributed by atoms with Gasteiger partial charge in [0.05, 0.1) is 14.2 Å². The van der Waals surface area contributed by atoms with E-state index in [0.717, 1.165) is 0 Å². The molecule has 0 saturated carbocycles. The van der Waals surface area contributed by atoms with Gasteiger partial charge < -0.3 is 20.3 Å². The molecule has 0 fully saturated rings. The molecule has 27 heavy (non-hydrogen) atoms. The van der Waals surface area contributed by atoms with Crippen molar-refractivity contribution in [1.29, 1.82) is 0 Å². The van der Waals surface area contributed by atoms with E-state index in [2.05, 4.69) is 15.8 Å². The molecular formula is C18H17N3O6. The van der Waals surface area contributed by atoms with Gasteiger partial charge in [-0.25, -0.2) is 10.2 Å². The van der Waals surface area contributed by atoms with Crippen molar-refractivity contribution in [2.75, 3.05) is 19.5 Å².